The van der Waals surface area contributed by atoms with Gasteiger partial charge in [-0.25, -0.2) is 4.98 Å². The molecule has 6 nitrogen and oxygen atoms in total. The zero-order valence-corrected chi connectivity index (χ0v) is 14.1. The number of imidazole rings is 1. The van der Waals surface area contributed by atoms with Gasteiger partial charge in [0.25, 0.3) is 5.91 Å². The Morgan fingerprint density at radius 1 is 1.12 bits per heavy atom. The van der Waals surface area contributed by atoms with Crippen LogP contribution >= 0.6 is 0 Å². The minimum absolute atomic E-state index is 0.0191. The van der Waals surface area contributed by atoms with Gasteiger partial charge in [-0.05, 0) is 23.8 Å². The molecule has 0 unspecified atom stereocenters. The second kappa shape index (κ2) is 8.10. The molecule has 0 atom stereocenters. The molecule has 1 amide bonds. The number of nitrogens with zero attached hydrogens (tertiary/aromatic N) is 4. The first-order valence-corrected chi connectivity index (χ1v) is 8.03. The van der Waals surface area contributed by atoms with Crippen LogP contribution in [-0.4, -0.2) is 31.9 Å². The third kappa shape index (κ3) is 4.67. The van der Waals surface area contributed by atoms with E-state index >= 15 is 0 Å². The lowest BCUT2D eigenvalue weighted by atomic mass is 10.2. The summed E-state index contributed by atoms with van der Waals surface area (Å²) < 4.78 is 7.51. The minimum atomic E-state index is -0.101. The third-order valence-corrected chi connectivity index (χ3v) is 3.81. The predicted octanol–water partition coefficient (Wildman–Crippen LogP) is 2.42. The maximum Gasteiger partial charge on any atom is 0.261 e. The molecule has 1 aromatic carbocycles. The highest BCUT2D eigenvalue weighted by Gasteiger charge is 2.17. The lowest BCUT2D eigenvalue weighted by molar-refractivity contribution is -0.134. The van der Waals surface area contributed by atoms with Crippen molar-refractivity contribution in [3.8, 4) is 5.75 Å². The highest BCUT2D eigenvalue weighted by atomic mass is 16.5. The van der Waals surface area contributed by atoms with Gasteiger partial charge in [-0.3, -0.25) is 9.78 Å². The zero-order chi connectivity index (χ0) is 17.5. The van der Waals surface area contributed by atoms with Gasteiger partial charge in [0.15, 0.2) is 6.61 Å². The number of carbonyl (C=O) groups is 1. The van der Waals surface area contributed by atoms with E-state index in [-0.39, 0.29) is 12.5 Å². The summed E-state index contributed by atoms with van der Waals surface area (Å²) in [6.07, 6.45) is 7.06. The first kappa shape index (κ1) is 16.7. The van der Waals surface area contributed by atoms with Crippen LogP contribution < -0.4 is 4.74 Å². The van der Waals surface area contributed by atoms with Crippen LogP contribution in [0.3, 0.4) is 0 Å². The molecule has 3 aromatic rings. The van der Waals surface area contributed by atoms with Gasteiger partial charge in [-0.2, -0.15) is 0 Å². The van der Waals surface area contributed by atoms with Gasteiger partial charge in [-0.1, -0.05) is 24.3 Å². The van der Waals surface area contributed by atoms with Gasteiger partial charge in [0, 0.05) is 38.4 Å². The highest BCUT2D eigenvalue weighted by molar-refractivity contribution is 5.77. The van der Waals surface area contributed by atoms with E-state index in [1.807, 2.05) is 60.3 Å². The Labute approximate surface area is 146 Å². The zero-order valence-electron chi connectivity index (χ0n) is 14.1. The molecular formula is C19H20N4O2. The lowest BCUT2D eigenvalue weighted by Crippen LogP contribution is -2.35. The Morgan fingerprint density at radius 3 is 2.64 bits per heavy atom. The summed E-state index contributed by atoms with van der Waals surface area (Å²) in [6, 6.07) is 13.1. The molecule has 0 aliphatic heterocycles. The Kier molecular flexibility index (Phi) is 5.41. The number of carbonyl (C=O) groups excluding carboxylic acids is 1. The molecule has 0 aliphatic carbocycles. The summed E-state index contributed by atoms with van der Waals surface area (Å²) in [5.41, 5.74) is 0.963. The van der Waals surface area contributed by atoms with E-state index in [0.717, 1.165) is 11.4 Å². The summed E-state index contributed by atoms with van der Waals surface area (Å²) in [5.74, 6) is 1.39. The number of ether oxygens (including phenoxy) is 1. The van der Waals surface area contributed by atoms with Gasteiger partial charge in [-0.15, -0.1) is 0 Å². The van der Waals surface area contributed by atoms with Gasteiger partial charge < -0.3 is 14.2 Å². The van der Waals surface area contributed by atoms with Crippen molar-refractivity contribution in [2.45, 2.75) is 13.1 Å². The van der Waals surface area contributed by atoms with Crippen molar-refractivity contribution in [3.63, 3.8) is 0 Å². The van der Waals surface area contributed by atoms with E-state index in [0.29, 0.717) is 18.8 Å². The molecule has 0 fully saturated rings. The molecule has 128 valence electrons. The van der Waals surface area contributed by atoms with Gasteiger partial charge >= 0.3 is 0 Å². The number of aryl methyl sites for hydroxylation is 1. The van der Waals surface area contributed by atoms with Crippen molar-refractivity contribution in [1.29, 1.82) is 0 Å². The van der Waals surface area contributed by atoms with Crippen molar-refractivity contribution < 1.29 is 9.53 Å². The molecule has 0 bridgehead atoms. The first-order chi connectivity index (χ1) is 12.2. The molecular weight excluding hydrogens is 316 g/mol. The Balaban J connectivity index is 1.70. The average molecular weight is 336 g/mol. The summed E-state index contributed by atoms with van der Waals surface area (Å²) in [6.45, 7) is 0.849. The minimum Gasteiger partial charge on any atom is -0.484 e. The SMILES string of the molecule is Cn1ccnc1CN(Cc1cccnc1)C(=O)COc1ccccc1. The molecule has 2 aromatic heterocycles. The van der Waals surface area contributed by atoms with E-state index in [9.17, 15) is 4.79 Å². The molecule has 0 saturated heterocycles. The van der Waals surface area contributed by atoms with Crippen LogP contribution in [-0.2, 0) is 24.9 Å². The van der Waals surface area contributed by atoms with Crippen LogP contribution in [0.5, 0.6) is 5.75 Å². The van der Waals surface area contributed by atoms with Crippen molar-refractivity contribution in [3.05, 3.63) is 78.6 Å². The van der Waals surface area contributed by atoms with Crippen molar-refractivity contribution in [2.24, 2.45) is 7.05 Å². The molecule has 0 radical (unpaired) electrons. The van der Waals surface area contributed by atoms with Crippen LogP contribution in [0.2, 0.25) is 0 Å². The molecule has 0 N–H and O–H groups in total. The fourth-order valence-corrected chi connectivity index (χ4v) is 2.42. The number of hydrogen-bond donors (Lipinski definition) is 0. The number of benzene rings is 1. The number of aromatic nitrogens is 3. The van der Waals surface area contributed by atoms with E-state index in [4.69, 9.17) is 4.74 Å². The number of rotatable bonds is 7. The molecule has 0 saturated carbocycles. The largest absolute Gasteiger partial charge is 0.484 e. The maximum atomic E-state index is 12.7. The van der Waals surface area contributed by atoms with Crippen LogP contribution in [0, 0.1) is 0 Å². The Hall–Kier alpha value is -3.15. The summed E-state index contributed by atoms with van der Waals surface area (Å²) in [4.78, 5) is 22.9. The number of pyridine rings is 1. The van der Waals surface area contributed by atoms with Gasteiger partial charge in [0.05, 0.1) is 6.54 Å². The predicted molar refractivity (Wildman–Crippen MR) is 93.6 cm³/mol. The standard InChI is InChI=1S/C19H20N4O2/c1-22-11-10-21-18(22)14-23(13-16-6-5-9-20-12-16)19(24)15-25-17-7-3-2-4-8-17/h2-12H,13-15H2,1H3. The average Bonchev–Trinajstić information content (AvgIpc) is 3.05. The lowest BCUT2D eigenvalue weighted by Gasteiger charge is -2.22. The highest BCUT2D eigenvalue weighted by Crippen LogP contribution is 2.11. The van der Waals surface area contributed by atoms with E-state index < -0.39 is 0 Å². The number of amides is 1. The van der Waals surface area contributed by atoms with E-state index in [2.05, 4.69) is 9.97 Å². The normalized spacial score (nSPS) is 10.4. The second-order valence-electron chi connectivity index (χ2n) is 5.67. The summed E-state index contributed by atoms with van der Waals surface area (Å²) >= 11 is 0. The van der Waals surface area contributed by atoms with Crippen molar-refractivity contribution in [2.75, 3.05) is 6.61 Å². The van der Waals surface area contributed by atoms with Crippen LogP contribution in [0.1, 0.15) is 11.4 Å². The van der Waals surface area contributed by atoms with E-state index in [1.165, 1.54) is 0 Å². The molecule has 6 heteroatoms. The molecule has 3 rings (SSSR count). The first-order valence-electron chi connectivity index (χ1n) is 8.03. The quantitative estimate of drug-likeness (QED) is 0.665. The van der Waals surface area contributed by atoms with Crippen LogP contribution in [0.25, 0.3) is 0 Å². The van der Waals surface area contributed by atoms with Gasteiger partial charge in [0.1, 0.15) is 11.6 Å². The monoisotopic (exact) mass is 336 g/mol. The van der Waals surface area contributed by atoms with Crippen molar-refractivity contribution in [1.82, 2.24) is 19.4 Å². The number of para-hydroxylation sites is 1. The summed E-state index contributed by atoms with van der Waals surface area (Å²) in [7, 11) is 1.91. The third-order valence-electron chi connectivity index (χ3n) is 3.81. The molecule has 0 spiro atoms. The van der Waals surface area contributed by atoms with Gasteiger partial charge in [0.2, 0.25) is 0 Å². The number of hydrogen-bond acceptors (Lipinski definition) is 4. The maximum absolute atomic E-state index is 12.7. The Bertz CT molecular complexity index is 803. The fraction of sp³-hybridized carbons (Fsp3) is 0.211. The molecule has 0 aliphatic rings. The Morgan fingerprint density at radius 2 is 1.96 bits per heavy atom. The molecule has 25 heavy (non-hydrogen) atoms. The topological polar surface area (TPSA) is 60.2 Å². The second-order valence-corrected chi connectivity index (χ2v) is 5.67. The van der Waals surface area contributed by atoms with Crippen LogP contribution in [0.15, 0.2) is 67.3 Å². The fourth-order valence-electron chi connectivity index (χ4n) is 2.42. The smallest absolute Gasteiger partial charge is 0.261 e. The summed E-state index contributed by atoms with van der Waals surface area (Å²) in [5, 5.41) is 0. The van der Waals surface area contributed by atoms with Crippen molar-refractivity contribution >= 4 is 5.91 Å². The molecule has 2 heterocycles. The van der Waals surface area contributed by atoms with E-state index in [1.54, 1.807) is 23.5 Å². The van der Waals surface area contributed by atoms with Crippen LogP contribution in [0.4, 0.5) is 0 Å².